The minimum atomic E-state index is -0.823. The van der Waals surface area contributed by atoms with Crippen molar-refractivity contribution in [1.82, 2.24) is 4.90 Å². The molecule has 0 amide bonds. The Morgan fingerprint density at radius 3 is 2.88 bits per heavy atom. The van der Waals surface area contributed by atoms with Crippen molar-refractivity contribution in [3.05, 3.63) is 21.9 Å². The van der Waals surface area contributed by atoms with Crippen LogP contribution in [-0.2, 0) is 6.54 Å². The van der Waals surface area contributed by atoms with E-state index in [1.165, 1.54) is 11.3 Å². The molecule has 0 aromatic carbocycles. The van der Waals surface area contributed by atoms with Crippen LogP contribution in [-0.4, -0.2) is 39.6 Å². The fourth-order valence-electron chi connectivity index (χ4n) is 2.05. The molecule has 0 radical (unpaired) electrons. The molecule has 1 N–H and O–H groups in total. The predicted molar refractivity (Wildman–Crippen MR) is 73.1 cm³/mol. The summed E-state index contributed by atoms with van der Waals surface area (Å²) in [6.07, 6.45) is 0. The SMILES string of the molecule is CC1(C)CN(Cc2ccc(C(=O)O)s2)CCS1. The molecule has 5 heteroatoms. The zero-order chi connectivity index (χ0) is 12.5. The number of rotatable bonds is 3. The first-order valence-electron chi connectivity index (χ1n) is 5.65. The number of carboxylic acids is 1. The molecule has 0 atom stereocenters. The monoisotopic (exact) mass is 271 g/mol. The fraction of sp³-hybridized carbons (Fsp3) is 0.583. The van der Waals surface area contributed by atoms with Crippen LogP contribution in [0.4, 0.5) is 0 Å². The van der Waals surface area contributed by atoms with Crippen molar-refractivity contribution < 1.29 is 9.90 Å². The van der Waals surface area contributed by atoms with Crippen LogP contribution in [0.5, 0.6) is 0 Å². The summed E-state index contributed by atoms with van der Waals surface area (Å²) in [4.78, 5) is 14.8. The Bertz CT molecular complexity index is 414. The van der Waals surface area contributed by atoms with Crippen LogP contribution in [0.3, 0.4) is 0 Å². The van der Waals surface area contributed by atoms with Crippen molar-refractivity contribution in [2.45, 2.75) is 25.1 Å². The summed E-state index contributed by atoms with van der Waals surface area (Å²) in [5.41, 5.74) is 0. The molecule has 1 aromatic rings. The smallest absolute Gasteiger partial charge is 0.345 e. The van der Waals surface area contributed by atoms with Gasteiger partial charge in [0.15, 0.2) is 0 Å². The second-order valence-corrected chi connectivity index (χ2v) is 7.86. The van der Waals surface area contributed by atoms with Crippen molar-refractivity contribution in [3.8, 4) is 0 Å². The highest BCUT2D eigenvalue weighted by Crippen LogP contribution is 2.30. The van der Waals surface area contributed by atoms with Gasteiger partial charge in [-0.15, -0.1) is 11.3 Å². The summed E-state index contributed by atoms with van der Waals surface area (Å²) >= 11 is 3.40. The lowest BCUT2D eigenvalue weighted by Gasteiger charge is -2.37. The number of hydrogen-bond donors (Lipinski definition) is 1. The maximum atomic E-state index is 10.8. The zero-order valence-corrected chi connectivity index (χ0v) is 11.7. The van der Waals surface area contributed by atoms with E-state index in [0.29, 0.717) is 9.62 Å². The zero-order valence-electron chi connectivity index (χ0n) is 10.1. The van der Waals surface area contributed by atoms with E-state index in [1.807, 2.05) is 17.8 Å². The molecule has 3 nitrogen and oxygen atoms in total. The number of nitrogens with zero attached hydrogens (tertiary/aromatic N) is 1. The molecule has 0 spiro atoms. The Morgan fingerprint density at radius 1 is 1.53 bits per heavy atom. The highest BCUT2D eigenvalue weighted by molar-refractivity contribution is 8.00. The van der Waals surface area contributed by atoms with Gasteiger partial charge in [0.05, 0.1) is 0 Å². The average Bonchev–Trinajstić information content (AvgIpc) is 2.64. The molecule has 1 aromatic heterocycles. The molecule has 1 saturated heterocycles. The lowest BCUT2D eigenvalue weighted by Crippen LogP contribution is -2.42. The van der Waals surface area contributed by atoms with Crippen molar-refractivity contribution in [1.29, 1.82) is 0 Å². The van der Waals surface area contributed by atoms with Gasteiger partial charge in [-0.3, -0.25) is 4.90 Å². The molecule has 94 valence electrons. The third-order valence-electron chi connectivity index (χ3n) is 2.76. The van der Waals surface area contributed by atoms with E-state index in [2.05, 4.69) is 18.7 Å². The molecular weight excluding hydrogens is 254 g/mol. The number of aromatic carboxylic acids is 1. The molecule has 17 heavy (non-hydrogen) atoms. The third kappa shape index (κ3) is 3.47. The van der Waals surface area contributed by atoms with Gasteiger partial charge in [-0.05, 0) is 26.0 Å². The van der Waals surface area contributed by atoms with Gasteiger partial charge in [0.1, 0.15) is 4.88 Å². The van der Waals surface area contributed by atoms with Crippen molar-refractivity contribution in [2.75, 3.05) is 18.8 Å². The van der Waals surface area contributed by atoms with Gasteiger partial charge >= 0.3 is 5.97 Å². The van der Waals surface area contributed by atoms with Crippen LogP contribution in [0.15, 0.2) is 12.1 Å². The first-order valence-corrected chi connectivity index (χ1v) is 7.45. The molecular formula is C12H17NO2S2. The van der Waals surface area contributed by atoms with E-state index in [1.54, 1.807) is 6.07 Å². The van der Waals surface area contributed by atoms with Gasteiger partial charge in [0.2, 0.25) is 0 Å². The van der Waals surface area contributed by atoms with Crippen LogP contribution < -0.4 is 0 Å². The molecule has 0 bridgehead atoms. The van der Waals surface area contributed by atoms with Crippen molar-refractivity contribution in [3.63, 3.8) is 0 Å². The molecule has 0 unspecified atom stereocenters. The lowest BCUT2D eigenvalue weighted by atomic mass is 10.2. The van der Waals surface area contributed by atoms with Gasteiger partial charge in [-0.25, -0.2) is 4.79 Å². The Labute approximate surface area is 110 Å². The van der Waals surface area contributed by atoms with Crippen molar-refractivity contribution >= 4 is 29.1 Å². The van der Waals surface area contributed by atoms with Crippen LogP contribution in [0.1, 0.15) is 28.4 Å². The fourth-order valence-corrected chi connectivity index (χ4v) is 4.11. The van der Waals surface area contributed by atoms with Gasteiger partial charge in [0.25, 0.3) is 0 Å². The third-order valence-corrected chi connectivity index (χ3v) is 5.11. The maximum absolute atomic E-state index is 10.8. The van der Waals surface area contributed by atoms with Gasteiger partial charge in [0, 0.05) is 35.0 Å². The van der Waals surface area contributed by atoms with Crippen LogP contribution >= 0.6 is 23.1 Å². The van der Waals surface area contributed by atoms with Crippen LogP contribution in [0, 0.1) is 0 Å². The molecule has 2 heterocycles. The van der Waals surface area contributed by atoms with E-state index < -0.39 is 5.97 Å². The number of thiophene rings is 1. The number of thioether (sulfide) groups is 1. The van der Waals surface area contributed by atoms with E-state index in [4.69, 9.17) is 5.11 Å². The van der Waals surface area contributed by atoms with E-state index in [0.717, 1.165) is 30.3 Å². The first kappa shape index (κ1) is 12.9. The van der Waals surface area contributed by atoms with Crippen LogP contribution in [0.2, 0.25) is 0 Å². The summed E-state index contributed by atoms with van der Waals surface area (Å²) in [6.45, 7) is 7.57. The van der Waals surface area contributed by atoms with E-state index >= 15 is 0 Å². The Morgan fingerprint density at radius 2 is 2.29 bits per heavy atom. The van der Waals surface area contributed by atoms with Crippen molar-refractivity contribution in [2.24, 2.45) is 0 Å². The number of carboxylic acid groups (broad SMARTS) is 1. The highest BCUT2D eigenvalue weighted by atomic mass is 32.2. The second kappa shape index (κ2) is 5.00. The largest absolute Gasteiger partial charge is 0.477 e. The molecule has 0 aliphatic carbocycles. The molecule has 2 rings (SSSR count). The molecule has 1 fully saturated rings. The summed E-state index contributed by atoms with van der Waals surface area (Å²) < 4.78 is 0.311. The normalized spacial score (nSPS) is 20.4. The Hall–Kier alpha value is -0.520. The maximum Gasteiger partial charge on any atom is 0.345 e. The van der Waals surface area contributed by atoms with Gasteiger partial charge in [-0.2, -0.15) is 11.8 Å². The van der Waals surface area contributed by atoms with E-state index in [9.17, 15) is 4.79 Å². The quantitative estimate of drug-likeness (QED) is 0.917. The molecule has 0 saturated carbocycles. The highest BCUT2D eigenvalue weighted by Gasteiger charge is 2.27. The minimum absolute atomic E-state index is 0.311. The Kier molecular flexibility index (Phi) is 3.80. The minimum Gasteiger partial charge on any atom is -0.477 e. The topological polar surface area (TPSA) is 40.5 Å². The van der Waals surface area contributed by atoms with Gasteiger partial charge < -0.3 is 5.11 Å². The van der Waals surface area contributed by atoms with Crippen LogP contribution in [0.25, 0.3) is 0 Å². The van der Waals surface area contributed by atoms with E-state index in [-0.39, 0.29) is 0 Å². The second-order valence-electron chi connectivity index (χ2n) is 4.89. The lowest BCUT2D eigenvalue weighted by molar-refractivity contribution is 0.0702. The average molecular weight is 271 g/mol. The Balaban J connectivity index is 1.98. The summed E-state index contributed by atoms with van der Waals surface area (Å²) in [5, 5.41) is 8.88. The van der Waals surface area contributed by atoms with Gasteiger partial charge in [-0.1, -0.05) is 0 Å². The summed E-state index contributed by atoms with van der Waals surface area (Å²) in [7, 11) is 0. The standard InChI is InChI=1S/C12H17NO2S2/c1-12(2)8-13(5-6-16-12)7-9-3-4-10(17-9)11(14)15/h3-4H,5-8H2,1-2H3,(H,14,15). The molecule has 1 aliphatic heterocycles. The molecule has 1 aliphatic rings. The first-order chi connectivity index (χ1) is 7.96. The summed E-state index contributed by atoms with van der Waals surface area (Å²) in [5.74, 6) is 0.334. The predicted octanol–water partition coefficient (Wildman–Crippen LogP) is 2.77. The number of carbonyl (C=O) groups is 1. The number of hydrogen-bond acceptors (Lipinski definition) is 4. The summed E-state index contributed by atoms with van der Waals surface area (Å²) in [6, 6.07) is 3.63.